The molecular formula is C13H19NO3S. The molecule has 0 amide bonds. The number of rotatable bonds is 7. The van der Waals surface area contributed by atoms with Crippen LogP contribution in [-0.4, -0.2) is 17.3 Å². The zero-order valence-corrected chi connectivity index (χ0v) is 11.7. The quantitative estimate of drug-likeness (QED) is 0.467. The lowest BCUT2D eigenvalue weighted by Gasteiger charge is -2.15. The normalized spacial score (nSPS) is 12.2. The van der Waals surface area contributed by atoms with Crippen molar-refractivity contribution in [3.63, 3.8) is 0 Å². The van der Waals surface area contributed by atoms with Crippen molar-refractivity contribution in [2.24, 2.45) is 5.92 Å². The van der Waals surface area contributed by atoms with E-state index in [1.165, 1.54) is 12.1 Å². The minimum absolute atomic E-state index is 0.0964. The molecule has 0 aliphatic heterocycles. The second-order valence-electron chi connectivity index (χ2n) is 4.36. The third-order valence-corrected chi connectivity index (χ3v) is 3.32. The lowest BCUT2D eigenvalue weighted by Crippen LogP contribution is -2.14. The maximum atomic E-state index is 10.6. The Bertz CT molecular complexity index is 409. The molecular weight excluding hydrogens is 250 g/mol. The molecule has 0 fully saturated rings. The van der Waals surface area contributed by atoms with Crippen LogP contribution in [-0.2, 0) is 0 Å². The molecule has 1 atom stereocenters. The number of nitrogens with zero attached hydrogens (tertiary/aromatic N) is 1. The van der Waals surface area contributed by atoms with E-state index >= 15 is 0 Å². The summed E-state index contributed by atoms with van der Waals surface area (Å²) in [5, 5.41) is 10.6. The van der Waals surface area contributed by atoms with Crippen LogP contribution in [0.5, 0.6) is 5.75 Å². The van der Waals surface area contributed by atoms with Crippen molar-refractivity contribution in [3.8, 4) is 5.75 Å². The average Bonchev–Trinajstić information content (AvgIpc) is 2.35. The third-order valence-electron chi connectivity index (χ3n) is 2.80. The highest BCUT2D eigenvalue weighted by molar-refractivity contribution is 7.80. The summed E-state index contributed by atoms with van der Waals surface area (Å²) in [6.07, 6.45) is 2.18. The van der Waals surface area contributed by atoms with Crippen LogP contribution < -0.4 is 4.74 Å². The fraction of sp³-hybridized carbons (Fsp3) is 0.538. The van der Waals surface area contributed by atoms with Crippen molar-refractivity contribution in [1.29, 1.82) is 0 Å². The van der Waals surface area contributed by atoms with Crippen molar-refractivity contribution in [2.75, 3.05) is 12.4 Å². The third kappa shape index (κ3) is 4.22. The predicted octanol–water partition coefficient (Wildman–Crippen LogP) is 3.63. The monoisotopic (exact) mass is 269 g/mol. The van der Waals surface area contributed by atoms with Gasteiger partial charge in [0, 0.05) is 18.1 Å². The van der Waals surface area contributed by atoms with Crippen LogP contribution in [0.3, 0.4) is 0 Å². The molecule has 0 N–H and O–H groups in total. The highest BCUT2D eigenvalue weighted by Crippen LogP contribution is 2.24. The number of non-ortho nitro benzene ring substituents is 1. The molecule has 0 spiro atoms. The van der Waals surface area contributed by atoms with Crippen LogP contribution in [0, 0.1) is 23.0 Å². The second kappa shape index (κ2) is 7.26. The summed E-state index contributed by atoms with van der Waals surface area (Å²) in [6, 6.07) is 4.66. The number of hydrogen-bond acceptors (Lipinski definition) is 4. The molecule has 0 radical (unpaired) electrons. The smallest absolute Gasteiger partial charge is 0.269 e. The molecule has 0 aromatic heterocycles. The van der Waals surface area contributed by atoms with Gasteiger partial charge in [-0.25, -0.2) is 0 Å². The Morgan fingerprint density at radius 1 is 1.50 bits per heavy atom. The van der Waals surface area contributed by atoms with Crippen molar-refractivity contribution in [1.82, 2.24) is 0 Å². The van der Waals surface area contributed by atoms with Gasteiger partial charge in [-0.05, 0) is 30.7 Å². The summed E-state index contributed by atoms with van der Waals surface area (Å²) >= 11 is 4.30. The van der Waals surface area contributed by atoms with Gasteiger partial charge >= 0.3 is 0 Å². The Labute approximate surface area is 113 Å². The molecule has 1 rings (SSSR count). The summed E-state index contributed by atoms with van der Waals surface area (Å²) in [4.78, 5) is 10.2. The molecule has 18 heavy (non-hydrogen) atoms. The van der Waals surface area contributed by atoms with Crippen molar-refractivity contribution in [2.45, 2.75) is 26.7 Å². The van der Waals surface area contributed by atoms with Crippen molar-refractivity contribution < 1.29 is 9.66 Å². The Morgan fingerprint density at radius 2 is 2.22 bits per heavy atom. The van der Waals surface area contributed by atoms with Gasteiger partial charge in [-0.1, -0.05) is 13.3 Å². The first-order valence-electron chi connectivity index (χ1n) is 6.07. The maximum Gasteiger partial charge on any atom is 0.269 e. The van der Waals surface area contributed by atoms with E-state index < -0.39 is 4.92 Å². The van der Waals surface area contributed by atoms with Crippen LogP contribution in [0.25, 0.3) is 0 Å². The zero-order chi connectivity index (χ0) is 13.5. The first-order valence-corrected chi connectivity index (χ1v) is 6.70. The molecule has 100 valence electrons. The minimum atomic E-state index is -0.398. The van der Waals surface area contributed by atoms with E-state index in [1.807, 2.05) is 6.92 Å². The molecule has 5 heteroatoms. The molecule has 0 bridgehead atoms. The lowest BCUT2D eigenvalue weighted by atomic mass is 10.1. The fourth-order valence-corrected chi connectivity index (χ4v) is 2.04. The van der Waals surface area contributed by atoms with E-state index in [0.717, 1.165) is 24.2 Å². The highest BCUT2D eigenvalue weighted by Gasteiger charge is 2.11. The van der Waals surface area contributed by atoms with Gasteiger partial charge in [0.25, 0.3) is 5.69 Å². The largest absolute Gasteiger partial charge is 0.493 e. The Morgan fingerprint density at radius 3 is 2.72 bits per heavy atom. The van der Waals surface area contributed by atoms with E-state index in [2.05, 4.69) is 19.6 Å². The van der Waals surface area contributed by atoms with Crippen molar-refractivity contribution in [3.05, 3.63) is 33.9 Å². The fourth-order valence-electron chi connectivity index (χ4n) is 1.75. The summed E-state index contributed by atoms with van der Waals surface area (Å²) < 4.78 is 5.71. The van der Waals surface area contributed by atoms with Crippen LogP contribution >= 0.6 is 12.6 Å². The van der Waals surface area contributed by atoms with Gasteiger partial charge in [0.1, 0.15) is 5.75 Å². The molecule has 1 aromatic rings. The van der Waals surface area contributed by atoms with Gasteiger partial charge in [-0.2, -0.15) is 12.6 Å². The minimum Gasteiger partial charge on any atom is -0.493 e. The molecule has 1 unspecified atom stereocenters. The average molecular weight is 269 g/mol. The molecule has 0 saturated carbocycles. The maximum absolute atomic E-state index is 10.6. The Hall–Kier alpha value is -1.23. The molecule has 1 aromatic carbocycles. The summed E-state index contributed by atoms with van der Waals surface area (Å²) in [5.41, 5.74) is 0.887. The van der Waals surface area contributed by atoms with Crippen LogP contribution in [0.4, 0.5) is 5.69 Å². The number of hydrogen-bond donors (Lipinski definition) is 1. The van der Waals surface area contributed by atoms with Gasteiger partial charge in [0.2, 0.25) is 0 Å². The topological polar surface area (TPSA) is 52.4 Å². The number of ether oxygens (including phenoxy) is 1. The summed E-state index contributed by atoms with van der Waals surface area (Å²) in [5.74, 6) is 1.93. The van der Waals surface area contributed by atoms with Crippen LogP contribution in [0.2, 0.25) is 0 Å². The van der Waals surface area contributed by atoms with Crippen LogP contribution in [0.15, 0.2) is 18.2 Å². The number of nitro benzene ring substituents is 1. The number of benzene rings is 1. The molecule has 0 aliphatic rings. The van der Waals surface area contributed by atoms with E-state index in [-0.39, 0.29) is 5.69 Å². The van der Waals surface area contributed by atoms with Gasteiger partial charge in [0.05, 0.1) is 11.5 Å². The Kier molecular flexibility index (Phi) is 5.98. The Balaban J connectivity index is 2.65. The predicted molar refractivity (Wildman–Crippen MR) is 75.6 cm³/mol. The molecule has 0 saturated heterocycles. The molecule has 0 aliphatic carbocycles. The van der Waals surface area contributed by atoms with Gasteiger partial charge in [0.15, 0.2) is 0 Å². The van der Waals surface area contributed by atoms with E-state index in [9.17, 15) is 10.1 Å². The lowest BCUT2D eigenvalue weighted by molar-refractivity contribution is -0.384. The number of aryl methyl sites for hydroxylation is 1. The van der Waals surface area contributed by atoms with Crippen LogP contribution in [0.1, 0.15) is 25.3 Å². The van der Waals surface area contributed by atoms with E-state index in [0.29, 0.717) is 18.3 Å². The first kappa shape index (κ1) is 14.8. The standard InChI is InChI=1S/C13H19NO3S/c1-3-4-11(9-18)8-17-13-6-5-12(14(15)16)7-10(13)2/h5-7,11,18H,3-4,8-9H2,1-2H3. The van der Waals surface area contributed by atoms with Gasteiger partial charge in [-0.3, -0.25) is 10.1 Å². The summed E-state index contributed by atoms with van der Waals surface area (Å²) in [7, 11) is 0. The van der Waals surface area contributed by atoms with Crippen molar-refractivity contribution >= 4 is 18.3 Å². The van der Waals surface area contributed by atoms with Gasteiger partial charge < -0.3 is 4.74 Å². The number of thiol groups is 1. The van der Waals surface area contributed by atoms with E-state index in [4.69, 9.17) is 4.74 Å². The molecule has 0 heterocycles. The summed E-state index contributed by atoms with van der Waals surface area (Å²) in [6.45, 7) is 4.56. The molecule has 4 nitrogen and oxygen atoms in total. The highest BCUT2D eigenvalue weighted by atomic mass is 32.1. The van der Waals surface area contributed by atoms with Gasteiger partial charge in [-0.15, -0.1) is 0 Å². The SMILES string of the molecule is CCCC(CS)COc1ccc([N+](=O)[O-])cc1C. The zero-order valence-electron chi connectivity index (χ0n) is 10.8. The second-order valence-corrected chi connectivity index (χ2v) is 4.72. The number of nitro groups is 1. The first-order chi connectivity index (χ1) is 8.58. The van der Waals surface area contributed by atoms with E-state index in [1.54, 1.807) is 6.07 Å².